The van der Waals surface area contributed by atoms with Gasteiger partial charge in [0.25, 0.3) is 11.8 Å². The van der Waals surface area contributed by atoms with Crippen LogP contribution in [-0.4, -0.2) is 39.1 Å². The van der Waals surface area contributed by atoms with E-state index in [-0.39, 0.29) is 41.2 Å². The van der Waals surface area contributed by atoms with Crippen LogP contribution in [0.5, 0.6) is 5.75 Å². The lowest BCUT2D eigenvalue weighted by Gasteiger charge is -2.34. The zero-order chi connectivity index (χ0) is 25.2. The SMILES string of the molecule is CC(NC(=O)c1ccccc1NC(=O)C1CN(S(C)(=O)=O)c2cc(Cl)ccc2O1)c1ccccc1. The molecule has 8 nitrogen and oxygen atoms in total. The molecule has 2 N–H and O–H groups in total. The number of sulfonamides is 1. The molecule has 182 valence electrons. The van der Waals surface area contributed by atoms with Crippen molar-refractivity contribution >= 4 is 44.8 Å². The molecule has 2 atom stereocenters. The zero-order valence-electron chi connectivity index (χ0n) is 19.1. The molecule has 0 saturated heterocycles. The van der Waals surface area contributed by atoms with Gasteiger partial charge in [-0.15, -0.1) is 0 Å². The van der Waals surface area contributed by atoms with E-state index in [1.165, 1.54) is 12.1 Å². The number of ether oxygens (including phenoxy) is 1. The largest absolute Gasteiger partial charge is 0.476 e. The van der Waals surface area contributed by atoms with Crippen LogP contribution in [-0.2, 0) is 14.8 Å². The minimum absolute atomic E-state index is 0.217. The van der Waals surface area contributed by atoms with Gasteiger partial charge in [-0.3, -0.25) is 13.9 Å². The van der Waals surface area contributed by atoms with Crippen molar-refractivity contribution in [2.24, 2.45) is 0 Å². The van der Waals surface area contributed by atoms with Gasteiger partial charge in [-0.05, 0) is 42.8 Å². The molecule has 0 aliphatic carbocycles. The molecule has 2 amide bonds. The van der Waals surface area contributed by atoms with Gasteiger partial charge in [0.05, 0.1) is 35.8 Å². The van der Waals surface area contributed by atoms with Crippen molar-refractivity contribution in [3.05, 3.63) is 88.9 Å². The maximum atomic E-state index is 13.1. The molecule has 1 heterocycles. The minimum Gasteiger partial charge on any atom is -0.476 e. The van der Waals surface area contributed by atoms with Crippen LogP contribution >= 0.6 is 11.6 Å². The Kier molecular flexibility index (Phi) is 7.00. The molecule has 3 aromatic carbocycles. The van der Waals surface area contributed by atoms with Gasteiger partial charge in [-0.2, -0.15) is 0 Å². The minimum atomic E-state index is -3.71. The fourth-order valence-electron chi connectivity index (χ4n) is 3.78. The van der Waals surface area contributed by atoms with Crippen LogP contribution in [0.3, 0.4) is 0 Å². The van der Waals surface area contributed by atoms with Crippen LogP contribution in [0.2, 0.25) is 5.02 Å². The predicted molar refractivity (Wildman–Crippen MR) is 135 cm³/mol. The van der Waals surface area contributed by atoms with Gasteiger partial charge >= 0.3 is 0 Å². The van der Waals surface area contributed by atoms with Gasteiger partial charge in [-0.1, -0.05) is 54.1 Å². The number of hydrogen-bond donors (Lipinski definition) is 2. The van der Waals surface area contributed by atoms with Crippen molar-refractivity contribution in [1.82, 2.24) is 5.32 Å². The van der Waals surface area contributed by atoms with Gasteiger partial charge in [0.2, 0.25) is 10.0 Å². The van der Waals surface area contributed by atoms with Gasteiger partial charge in [-0.25, -0.2) is 8.42 Å². The van der Waals surface area contributed by atoms with Crippen LogP contribution in [0, 0.1) is 0 Å². The summed E-state index contributed by atoms with van der Waals surface area (Å²) in [6.45, 7) is 1.63. The fourth-order valence-corrected chi connectivity index (χ4v) is 4.85. The van der Waals surface area contributed by atoms with Gasteiger partial charge in [0, 0.05) is 5.02 Å². The maximum absolute atomic E-state index is 13.1. The summed E-state index contributed by atoms with van der Waals surface area (Å²) < 4.78 is 31.7. The van der Waals surface area contributed by atoms with Crippen LogP contribution in [0.1, 0.15) is 28.9 Å². The monoisotopic (exact) mass is 513 g/mol. The van der Waals surface area contributed by atoms with Crippen molar-refractivity contribution in [2.45, 2.75) is 19.1 Å². The van der Waals surface area contributed by atoms with E-state index in [4.69, 9.17) is 16.3 Å². The summed E-state index contributed by atoms with van der Waals surface area (Å²) in [5.74, 6) is -0.732. The van der Waals surface area contributed by atoms with Crippen LogP contribution in [0.15, 0.2) is 72.8 Å². The Labute approximate surface area is 208 Å². The normalized spacial score (nSPS) is 16.0. The first kappa shape index (κ1) is 24.6. The first-order chi connectivity index (χ1) is 16.6. The molecule has 0 fully saturated rings. The summed E-state index contributed by atoms with van der Waals surface area (Å²) in [5.41, 5.74) is 1.76. The quantitative estimate of drug-likeness (QED) is 0.518. The molecular weight excluding hydrogens is 490 g/mol. The number of benzene rings is 3. The second-order valence-corrected chi connectivity index (χ2v) is 10.5. The van der Waals surface area contributed by atoms with Gasteiger partial charge in [0.15, 0.2) is 6.10 Å². The molecule has 1 aliphatic heterocycles. The van der Waals surface area contributed by atoms with E-state index in [0.29, 0.717) is 5.02 Å². The molecule has 0 aromatic heterocycles. The predicted octanol–water partition coefficient (Wildman–Crippen LogP) is 4.00. The maximum Gasteiger partial charge on any atom is 0.267 e. The van der Waals surface area contributed by atoms with Crippen LogP contribution in [0.4, 0.5) is 11.4 Å². The fraction of sp³-hybridized carbons (Fsp3) is 0.200. The van der Waals surface area contributed by atoms with E-state index in [1.807, 2.05) is 37.3 Å². The van der Waals surface area contributed by atoms with Gasteiger partial charge in [0.1, 0.15) is 5.75 Å². The summed E-state index contributed by atoms with van der Waals surface area (Å²) in [4.78, 5) is 26.1. The molecule has 0 saturated carbocycles. The third-order valence-corrected chi connectivity index (χ3v) is 6.94. The Morgan fingerprint density at radius 1 is 1.06 bits per heavy atom. The van der Waals surface area contributed by atoms with Crippen LogP contribution in [0.25, 0.3) is 0 Å². The van der Waals surface area contributed by atoms with E-state index in [9.17, 15) is 18.0 Å². The Morgan fingerprint density at radius 3 is 2.46 bits per heavy atom. The molecule has 2 unspecified atom stereocenters. The molecule has 35 heavy (non-hydrogen) atoms. The number of halogens is 1. The van der Waals surface area contributed by atoms with Crippen molar-refractivity contribution in [3.63, 3.8) is 0 Å². The van der Waals surface area contributed by atoms with Gasteiger partial charge < -0.3 is 15.4 Å². The summed E-state index contributed by atoms with van der Waals surface area (Å²) >= 11 is 6.03. The van der Waals surface area contributed by atoms with Crippen molar-refractivity contribution in [2.75, 3.05) is 22.4 Å². The average Bonchev–Trinajstić information content (AvgIpc) is 2.83. The summed E-state index contributed by atoms with van der Waals surface area (Å²) in [6, 6.07) is 20.4. The number of carbonyl (C=O) groups excluding carboxylic acids is 2. The Bertz CT molecular complexity index is 1360. The Morgan fingerprint density at radius 2 is 1.74 bits per heavy atom. The molecule has 10 heteroatoms. The van der Waals surface area contributed by atoms with Crippen molar-refractivity contribution in [1.29, 1.82) is 0 Å². The second-order valence-electron chi connectivity index (χ2n) is 8.15. The molecule has 0 spiro atoms. The summed E-state index contributed by atoms with van der Waals surface area (Å²) in [6.07, 6.45) is -0.0938. The topological polar surface area (TPSA) is 105 Å². The first-order valence-corrected chi connectivity index (χ1v) is 13.1. The number of hydrogen-bond acceptors (Lipinski definition) is 5. The Balaban J connectivity index is 1.54. The number of anilines is 2. The number of amides is 2. The Hall–Kier alpha value is -3.56. The number of fused-ring (bicyclic) bond motifs is 1. The molecular formula is C25H24ClN3O5S. The van der Waals surface area contributed by atoms with E-state index >= 15 is 0 Å². The van der Waals surface area contributed by atoms with E-state index < -0.39 is 22.0 Å². The molecule has 4 rings (SSSR count). The summed E-state index contributed by atoms with van der Waals surface area (Å²) in [7, 11) is -3.71. The molecule has 0 radical (unpaired) electrons. The zero-order valence-corrected chi connectivity index (χ0v) is 20.6. The highest BCUT2D eigenvalue weighted by Crippen LogP contribution is 2.37. The smallest absolute Gasteiger partial charge is 0.267 e. The highest BCUT2D eigenvalue weighted by atomic mass is 35.5. The third kappa shape index (κ3) is 5.58. The first-order valence-electron chi connectivity index (χ1n) is 10.8. The molecule has 3 aromatic rings. The summed E-state index contributed by atoms with van der Waals surface area (Å²) in [5, 5.41) is 5.99. The standard InChI is InChI=1S/C25H24ClN3O5S/c1-16(17-8-4-3-5-9-17)27-24(30)19-10-6-7-11-20(19)28-25(31)23-15-29(35(2,32)33)21-14-18(26)12-13-22(21)34-23/h3-14,16,23H,15H2,1-2H3,(H,27,30)(H,28,31). The average molecular weight is 514 g/mol. The number of rotatable bonds is 6. The molecule has 0 bridgehead atoms. The second kappa shape index (κ2) is 9.97. The van der Waals surface area contributed by atoms with Crippen molar-refractivity contribution in [3.8, 4) is 5.75 Å². The number of carbonyl (C=O) groups is 2. The lowest BCUT2D eigenvalue weighted by molar-refractivity contribution is -0.122. The third-order valence-electron chi connectivity index (χ3n) is 5.56. The van der Waals surface area contributed by atoms with E-state index in [2.05, 4.69) is 10.6 Å². The lowest BCUT2D eigenvalue weighted by atomic mass is 10.1. The highest BCUT2D eigenvalue weighted by molar-refractivity contribution is 7.92. The van der Waals surface area contributed by atoms with Crippen LogP contribution < -0.4 is 19.7 Å². The number of nitrogens with zero attached hydrogens (tertiary/aromatic N) is 1. The number of para-hydroxylation sites is 1. The number of nitrogens with one attached hydrogen (secondary N) is 2. The lowest BCUT2D eigenvalue weighted by Crippen LogP contribution is -2.48. The highest BCUT2D eigenvalue weighted by Gasteiger charge is 2.35. The van der Waals surface area contributed by atoms with Crippen molar-refractivity contribution < 1.29 is 22.7 Å². The van der Waals surface area contributed by atoms with E-state index in [1.54, 1.807) is 30.3 Å². The van der Waals surface area contributed by atoms with E-state index in [0.717, 1.165) is 16.1 Å². The molecule has 1 aliphatic rings.